The van der Waals surface area contributed by atoms with E-state index in [2.05, 4.69) is 31.0 Å². The van der Waals surface area contributed by atoms with Crippen LogP contribution in [0.5, 0.6) is 23.0 Å². The van der Waals surface area contributed by atoms with E-state index in [0.29, 0.717) is 57.4 Å². The maximum absolute atomic E-state index is 13.2. The van der Waals surface area contributed by atoms with Gasteiger partial charge in [-0.05, 0) is 78.0 Å². The monoisotopic (exact) mass is 675 g/mol. The zero-order chi connectivity index (χ0) is 31.7. The Kier molecular flexibility index (Phi) is 8.75. The van der Waals surface area contributed by atoms with E-state index in [4.69, 9.17) is 23.9 Å². The number of nitrogens with zero attached hydrogens (tertiary/aromatic N) is 5. The maximum atomic E-state index is 13.2. The second kappa shape index (κ2) is 12.9. The van der Waals surface area contributed by atoms with Crippen LogP contribution in [0.15, 0.2) is 53.1 Å². The van der Waals surface area contributed by atoms with E-state index in [0.717, 1.165) is 36.8 Å². The normalized spacial score (nSPS) is 14.2. The van der Waals surface area contributed by atoms with Crippen molar-refractivity contribution in [3.63, 3.8) is 0 Å². The van der Waals surface area contributed by atoms with Crippen molar-refractivity contribution in [2.24, 2.45) is 11.8 Å². The summed E-state index contributed by atoms with van der Waals surface area (Å²) < 4.78 is 22.8. The molecule has 2 amide bonds. The Labute approximate surface area is 269 Å². The Bertz CT molecular complexity index is 1680. The number of hydrogen-bond donors (Lipinski definition) is 0. The van der Waals surface area contributed by atoms with E-state index in [1.807, 2.05) is 42.5 Å². The summed E-state index contributed by atoms with van der Waals surface area (Å²) in [6.45, 7) is 0.771. The summed E-state index contributed by atoms with van der Waals surface area (Å²) in [6.07, 6.45) is 3.14. The predicted octanol–water partition coefficient (Wildman–Crippen LogP) is 5.71. The van der Waals surface area contributed by atoms with Crippen molar-refractivity contribution in [3.8, 4) is 23.0 Å². The average molecular weight is 677 g/mol. The molecule has 0 aliphatic heterocycles. The number of methoxy groups -OCH3 is 4. The van der Waals surface area contributed by atoms with Gasteiger partial charge in [-0.2, -0.15) is 0 Å². The van der Waals surface area contributed by atoms with Crippen molar-refractivity contribution in [3.05, 3.63) is 64.3 Å². The van der Waals surface area contributed by atoms with Gasteiger partial charge in [0.25, 0.3) is 0 Å². The molecule has 2 aliphatic carbocycles. The zero-order valence-electron chi connectivity index (χ0n) is 25.6. The van der Waals surface area contributed by atoms with Crippen LogP contribution in [0, 0.1) is 11.8 Å². The molecule has 2 aliphatic rings. The van der Waals surface area contributed by atoms with Crippen LogP contribution in [0.2, 0.25) is 0 Å². The molecule has 0 atom stereocenters. The summed E-state index contributed by atoms with van der Waals surface area (Å²) in [7, 11) is 6.45. The fraction of sp³-hybridized carbons (Fsp3) is 0.364. The highest BCUT2D eigenvalue weighted by Crippen LogP contribution is 2.39. The van der Waals surface area contributed by atoms with Crippen molar-refractivity contribution < 1.29 is 28.5 Å². The lowest BCUT2D eigenvalue weighted by Crippen LogP contribution is -2.39. The number of ether oxygens (including phenoxy) is 4. The van der Waals surface area contributed by atoms with Crippen molar-refractivity contribution in [2.75, 3.05) is 38.2 Å². The van der Waals surface area contributed by atoms with Crippen molar-refractivity contribution in [1.82, 2.24) is 15.2 Å². The first-order chi connectivity index (χ1) is 21.8. The van der Waals surface area contributed by atoms with Gasteiger partial charge in [-0.25, -0.2) is 9.88 Å². The molecule has 45 heavy (non-hydrogen) atoms. The first-order valence-corrected chi connectivity index (χ1v) is 15.5. The van der Waals surface area contributed by atoms with Crippen LogP contribution in [-0.2, 0) is 22.7 Å². The lowest BCUT2D eigenvalue weighted by Gasteiger charge is -2.27. The second-order valence-corrected chi connectivity index (χ2v) is 12.0. The van der Waals surface area contributed by atoms with Crippen LogP contribution in [0.25, 0.3) is 10.9 Å². The van der Waals surface area contributed by atoms with Crippen LogP contribution >= 0.6 is 15.9 Å². The minimum Gasteiger partial charge on any atom is -0.497 e. The fourth-order valence-corrected chi connectivity index (χ4v) is 5.68. The Hall–Kier alpha value is -4.45. The standard InChI is InChI=1S/C33H34BrN5O6/c1-42-24-11-9-21(26(15-24)44-3)17-38(18-22-10-12-25(43-2)16-27(22)45-4)31-30-23(13-28(34)35-31)14-29(36-37-30)39(32(40)19-5-6-19)33(41)20-7-8-20/h9-16,19-20H,5-8,17-18H2,1-4H3. The molecular formula is C33H34BrN5O6. The largest absolute Gasteiger partial charge is 0.497 e. The SMILES string of the molecule is COc1ccc(CN(Cc2ccc(OC)cc2OC)c2nc(Br)cc3cc(N(C(=O)C4CC4)C(=O)C4CC4)nnc23)c(OC)c1. The summed E-state index contributed by atoms with van der Waals surface area (Å²) >= 11 is 3.59. The first kappa shape index (κ1) is 30.6. The number of carbonyl (C=O) groups excluding carboxylic acids is 2. The van der Waals surface area contributed by atoms with Crippen LogP contribution in [0.1, 0.15) is 36.8 Å². The molecule has 0 spiro atoms. The third-order valence-electron chi connectivity index (χ3n) is 8.04. The molecule has 0 N–H and O–H groups in total. The Morgan fingerprint density at radius 1 is 0.756 bits per heavy atom. The maximum Gasteiger partial charge on any atom is 0.238 e. The molecule has 2 aromatic carbocycles. The average Bonchev–Trinajstić information content (AvgIpc) is 3.98. The number of rotatable bonds is 12. The number of halogens is 1. The molecule has 4 aromatic rings. The third-order valence-corrected chi connectivity index (χ3v) is 8.45. The summed E-state index contributed by atoms with van der Waals surface area (Å²) in [4.78, 5) is 34.6. The van der Waals surface area contributed by atoms with E-state index in [1.54, 1.807) is 34.5 Å². The van der Waals surface area contributed by atoms with E-state index < -0.39 is 0 Å². The zero-order valence-corrected chi connectivity index (χ0v) is 27.2. The molecule has 2 aromatic heterocycles. The Morgan fingerprint density at radius 2 is 1.29 bits per heavy atom. The van der Waals surface area contributed by atoms with Crippen LogP contribution in [-0.4, -0.2) is 55.4 Å². The van der Waals surface area contributed by atoms with Crippen molar-refractivity contribution in [2.45, 2.75) is 38.8 Å². The van der Waals surface area contributed by atoms with Gasteiger partial charge < -0.3 is 23.8 Å². The number of fused-ring (bicyclic) bond motifs is 1. The van der Waals surface area contributed by atoms with E-state index in [-0.39, 0.29) is 29.5 Å². The molecular weight excluding hydrogens is 642 g/mol. The molecule has 0 bridgehead atoms. The molecule has 2 heterocycles. The van der Waals surface area contributed by atoms with Gasteiger partial charge in [0.2, 0.25) is 11.8 Å². The van der Waals surface area contributed by atoms with Gasteiger partial charge in [0.05, 0.1) is 28.4 Å². The summed E-state index contributed by atoms with van der Waals surface area (Å²) in [5.74, 6) is 2.76. The van der Waals surface area contributed by atoms with Gasteiger partial charge in [0, 0.05) is 53.6 Å². The molecule has 6 rings (SSSR count). The molecule has 234 valence electrons. The number of anilines is 2. The number of carbonyl (C=O) groups is 2. The van der Waals surface area contributed by atoms with Crippen LogP contribution in [0.3, 0.4) is 0 Å². The van der Waals surface area contributed by atoms with Crippen LogP contribution < -0.4 is 28.7 Å². The summed E-state index contributed by atoms with van der Waals surface area (Å²) in [6, 6.07) is 14.9. The number of hydrogen-bond acceptors (Lipinski definition) is 10. The Morgan fingerprint density at radius 3 is 1.76 bits per heavy atom. The smallest absolute Gasteiger partial charge is 0.238 e. The number of aromatic nitrogens is 3. The van der Waals surface area contributed by atoms with Gasteiger partial charge in [0.15, 0.2) is 11.6 Å². The fourth-order valence-electron chi connectivity index (χ4n) is 5.27. The number of benzene rings is 2. The second-order valence-electron chi connectivity index (χ2n) is 11.2. The van der Waals surface area contributed by atoms with Crippen molar-refractivity contribution >= 4 is 50.3 Å². The number of imide groups is 1. The highest BCUT2D eigenvalue weighted by atomic mass is 79.9. The molecule has 0 saturated heterocycles. The lowest BCUT2D eigenvalue weighted by atomic mass is 10.1. The summed E-state index contributed by atoms with van der Waals surface area (Å²) in [5.41, 5.74) is 2.29. The molecule has 2 saturated carbocycles. The van der Waals surface area contributed by atoms with Gasteiger partial charge in [-0.15, -0.1) is 10.2 Å². The molecule has 0 radical (unpaired) electrons. The van der Waals surface area contributed by atoms with E-state index in [9.17, 15) is 9.59 Å². The van der Waals surface area contributed by atoms with Gasteiger partial charge in [0.1, 0.15) is 33.1 Å². The van der Waals surface area contributed by atoms with E-state index in [1.165, 1.54) is 4.90 Å². The highest BCUT2D eigenvalue weighted by molar-refractivity contribution is 9.10. The topological polar surface area (TPSA) is 116 Å². The number of pyridine rings is 1. The molecule has 11 nitrogen and oxygen atoms in total. The van der Waals surface area contributed by atoms with Crippen LogP contribution in [0.4, 0.5) is 11.6 Å². The lowest BCUT2D eigenvalue weighted by molar-refractivity contribution is -0.128. The first-order valence-electron chi connectivity index (χ1n) is 14.7. The minimum absolute atomic E-state index is 0.139. The van der Waals surface area contributed by atoms with Gasteiger partial charge >= 0.3 is 0 Å². The molecule has 0 unspecified atom stereocenters. The predicted molar refractivity (Wildman–Crippen MR) is 172 cm³/mol. The van der Waals surface area contributed by atoms with Gasteiger partial charge in [-0.3, -0.25) is 9.59 Å². The minimum atomic E-state index is -0.200. The Balaban J connectivity index is 1.45. The van der Waals surface area contributed by atoms with Crippen molar-refractivity contribution in [1.29, 1.82) is 0 Å². The van der Waals surface area contributed by atoms with E-state index >= 15 is 0 Å². The molecule has 12 heteroatoms. The quantitative estimate of drug-likeness (QED) is 0.137. The third kappa shape index (κ3) is 6.51. The molecule has 2 fully saturated rings. The van der Waals surface area contributed by atoms with Gasteiger partial charge in [-0.1, -0.05) is 0 Å². The summed E-state index contributed by atoms with van der Waals surface area (Å²) in [5, 5.41) is 9.71. The highest BCUT2D eigenvalue weighted by Gasteiger charge is 2.43. The number of amides is 2.